The van der Waals surface area contributed by atoms with Gasteiger partial charge in [-0.15, -0.1) is 0 Å². The molecular weight excluding hydrogens is 226 g/mol. The number of nitrogens with one attached hydrogen (secondary N) is 1. The summed E-state index contributed by atoms with van der Waals surface area (Å²) in [6.07, 6.45) is 1.92. The number of aromatic nitrogens is 1. The second kappa shape index (κ2) is 6.05. The molecule has 1 saturated heterocycles. The molecule has 2 rings (SSSR count). The molecule has 100 valence electrons. The van der Waals surface area contributed by atoms with E-state index in [2.05, 4.69) is 22.1 Å². The first-order valence-corrected chi connectivity index (χ1v) is 6.84. The maximum atomic E-state index is 9.63. The van der Waals surface area contributed by atoms with Gasteiger partial charge in [0.15, 0.2) is 0 Å². The Morgan fingerprint density at radius 1 is 1.56 bits per heavy atom. The molecule has 1 aromatic heterocycles. The number of aliphatic hydroxyl groups excluding tert-OH is 1. The molecule has 0 spiro atoms. The number of aliphatic hydroxyl groups is 1. The van der Waals surface area contributed by atoms with Gasteiger partial charge in [-0.2, -0.15) is 0 Å². The van der Waals surface area contributed by atoms with E-state index in [-0.39, 0.29) is 6.10 Å². The zero-order valence-electron chi connectivity index (χ0n) is 11.3. The first-order valence-electron chi connectivity index (χ1n) is 6.84. The Morgan fingerprint density at radius 2 is 2.39 bits per heavy atom. The van der Waals surface area contributed by atoms with Gasteiger partial charge in [-0.25, -0.2) is 4.98 Å². The van der Waals surface area contributed by atoms with E-state index in [4.69, 9.17) is 0 Å². The molecule has 2 atom stereocenters. The van der Waals surface area contributed by atoms with Crippen LogP contribution >= 0.6 is 0 Å². The van der Waals surface area contributed by atoms with Crippen LogP contribution in [-0.2, 0) is 0 Å². The summed E-state index contributed by atoms with van der Waals surface area (Å²) >= 11 is 0. The van der Waals surface area contributed by atoms with Crippen LogP contribution < -0.4 is 10.2 Å². The molecular formula is C14H23N3O. The fraction of sp³-hybridized carbons (Fsp3) is 0.643. The largest absolute Gasteiger partial charge is 0.393 e. The molecule has 0 radical (unpaired) electrons. The molecule has 2 heterocycles. The number of anilines is 2. The molecule has 4 heteroatoms. The summed E-state index contributed by atoms with van der Waals surface area (Å²) in [5, 5.41) is 12.9. The van der Waals surface area contributed by atoms with Crippen LogP contribution in [0, 0.1) is 5.92 Å². The lowest BCUT2D eigenvalue weighted by Gasteiger charge is -2.19. The average molecular weight is 249 g/mol. The lowest BCUT2D eigenvalue weighted by atomic mass is 10.0. The van der Waals surface area contributed by atoms with Crippen molar-refractivity contribution >= 4 is 11.6 Å². The second-order valence-corrected chi connectivity index (χ2v) is 5.04. The van der Waals surface area contributed by atoms with E-state index in [1.807, 2.05) is 25.1 Å². The van der Waals surface area contributed by atoms with Crippen LogP contribution in [-0.4, -0.2) is 35.8 Å². The van der Waals surface area contributed by atoms with Gasteiger partial charge in [0, 0.05) is 25.6 Å². The van der Waals surface area contributed by atoms with Gasteiger partial charge < -0.3 is 15.3 Å². The number of pyridine rings is 1. The minimum absolute atomic E-state index is 0.226. The molecule has 1 aliphatic rings. The lowest BCUT2D eigenvalue weighted by Crippen LogP contribution is -2.24. The Labute approximate surface area is 109 Å². The van der Waals surface area contributed by atoms with Crippen molar-refractivity contribution in [3.63, 3.8) is 0 Å². The van der Waals surface area contributed by atoms with Gasteiger partial charge in [0.05, 0.1) is 6.10 Å². The number of hydrogen-bond donors (Lipinski definition) is 2. The topological polar surface area (TPSA) is 48.4 Å². The standard InChI is InChI=1S/C14H23N3O/c1-3-8-15-13-5-4-6-14(16-13)17-9-7-12(10-17)11(2)18/h4-6,11-12,18H,3,7-10H2,1-2H3,(H,15,16). The molecule has 0 saturated carbocycles. The lowest BCUT2D eigenvalue weighted by molar-refractivity contribution is 0.136. The number of nitrogens with zero attached hydrogens (tertiary/aromatic N) is 2. The summed E-state index contributed by atoms with van der Waals surface area (Å²) in [7, 11) is 0. The van der Waals surface area contributed by atoms with Crippen LogP contribution in [0.2, 0.25) is 0 Å². The smallest absolute Gasteiger partial charge is 0.130 e. The van der Waals surface area contributed by atoms with E-state index in [9.17, 15) is 5.11 Å². The third kappa shape index (κ3) is 3.13. The van der Waals surface area contributed by atoms with Gasteiger partial charge >= 0.3 is 0 Å². The van der Waals surface area contributed by atoms with E-state index >= 15 is 0 Å². The molecule has 0 aromatic carbocycles. The van der Waals surface area contributed by atoms with Crippen LogP contribution in [0.3, 0.4) is 0 Å². The molecule has 0 bridgehead atoms. The third-order valence-corrected chi connectivity index (χ3v) is 3.52. The van der Waals surface area contributed by atoms with E-state index in [1.165, 1.54) is 0 Å². The summed E-state index contributed by atoms with van der Waals surface area (Å²) in [4.78, 5) is 6.88. The van der Waals surface area contributed by atoms with E-state index < -0.39 is 0 Å². The van der Waals surface area contributed by atoms with Crippen molar-refractivity contribution in [1.82, 2.24) is 4.98 Å². The fourth-order valence-electron chi connectivity index (χ4n) is 2.34. The minimum atomic E-state index is -0.226. The van der Waals surface area contributed by atoms with Gasteiger partial charge in [-0.05, 0) is 31.9 Å². The monoisotopic (exact) mass is 249 g/mol. The van der Waals surface area contributed by atoms with Crippen LogP contribution in [0.1, 0.15) is 26.7 Å². The maximum Gasteiger partial charge on any atom is 0.130 e. The van der Waals surface area contributed by atoms with E-state index in [1.54, 1.807) is 0 Å². The van der Waals surface area contributed by atoms with Gasteiger partial charge in [-0.1, -0.05) is 13.0 Å². The quantitative estimate of drug-likeness (QED) is 0.839. The molecule has 2 N–H and O–H groups in total. The van der Waals surface area contributed by atoms with Crippen molar-refractivity contribution < 1.29 is 5.11 Å². The summed E-state index contributed by atoms with van der Waals surface area (Å²) in [5.74, 6) is 2.33. The normalized spacial score (nSPS) is 21.1. The van der Waals surface area contributed by atoms with Crippen molar-refractivity contribution in [2.45, 2.75) is 32.8 Å². The van der Waals surface area contributed by atoms with E-state index in [0.29, 0.717) is 5.92 Å². The minimum Gasteiger partial charge on any atom is -0.393 e. The van der Waals surface area contributed by atoms with Crippen LogP contribution in [0.15, 0.2) is 18.2 Å². The van der Waals surface area contributed by atoms with Gasteiger partial charge in [-0.3, -0.25) is 0 Å². The Kier molecular flexibility index (Phi) is 4.42. The molecule has 2 unspecified atom stereocenters. The van der Waals surface area contributed by atoms with Crippen molar-refractivity contribution in [3.8, 4) is 0 Å². The summed E-state index contributed by atoms with van der Waals surface area (Å²) in [5.41, 5.74) is 0. The molecule has 1 aliphatic heterocycles. The summed E-state index contributed by atoms with van der Waals surface area (Å²) < 4.78 is 0. The highest BCUT2D eigenvalue weighted by Gasteiger charge is 2.26. The van der Waals surface area contributed by atoms with Gasteiger partial charge in [0.2, 0.25) is 0 Å². The summed E-state index contributed by atoms with van der Waals surface area (Å²) in [6.45, 7) is 6.86. The molecule has 18 heavy (non-hydrogen) atoms. The van der Waals surface area contributed by atoms with Crippen molar-refractivity contribution in [3.05, 3.63) is 18.2 Å². The van der Waals surface area contributed by atoms with Crippen molar-refractivity contribution in [2.75, 3.05) is 29.9 Å². The highest BCUT2D eigenvalue weighted by molar-refractivity contribution is 5.47. The molecule has 0 aliphatic carbocycles. The number of rotatable bonds is 5. The average Bonchev–Trinajstić information content (AvgIpc) is 2.86. The zero-order chi connectivity index (χ0) is 13.0. The van der Waals surface area contributed by atoms with Crippen molar-refractivity contribution in [2.24, 2.45) is 5.92 Å². The van der Waals surface area contributed by atoms with Crippen LogP contribution in [0.5, 0.6) is 0 Å². The predicted octanol–water partition coefficient (Wildman–Crippen LogP) is 2.11. The Bertz CT molecular complexity index is 381. The Morgan fingerprint density at radius 3 is 3.06 bits per heavy atom. The maximum absolute atomic E-state index is 9.63. The van der Waals surface area contributed by atoms with Crippen LogP contribution in [0.25, 0.3) is 0 Å². The predicted molar refractivity (Wildman–Crippen MR) is 75.0 cm³/mol. The molecule has 1 fully saturated rings. The summed E-state index contributed by atoms with van der Waals surface area (Å²) in [6, 6.07) is 6.08. The van der Waals surface area contributed by atoms with Gasteiger partial charge in [0.25, 0.3) is 0 Å². The SMILES string of the molecule is CCCNc1cccc(N2CCC(C(C)O)C2)n1. The van der Waals surface area contributed by atoms with E-state index in [0.717, 1.165) is 44.1 Å². The Hall–Kier alpha value is -1.29. The first kappa shape index (κ1) is 13.1. The second-order valence-electron chi connectivity index (χ2n) is 5.04. The fourth-order valence-corrected chi connectivity index (χ4v) is 2.34. The highest BCUT2D eigenvalue weighted by atomic mass is 16.3. The van der Waals surface area contributed by atoms with Crippen molar-refractivity contribution in [1.29, 1.82) is 0 Å². The molecule has 1 aromatic rings. The zero-order valence-corrected chi connectivity index (χ0v) is 11.3. The third-order valence-electron chi connectivity index (χ3n) is 3.52. The highest BCUT2D eigenvalue weighted by Crippen LogP contribution is 2.25. The molecule has 0 amide bonds. The van der Waals surface area contributed by atoms with Gasteiger partial charge in [0.1, 0.15) is 11.6 Å². The first-order chi connectivity index (χ1) is 8.70. The Balaban J connectivity index is 2.01. The van der Waals surface area contributed by atoms with Crippen LogP contribution in [0.4, 0.5) is 11.6 Å². The number of hydrogen-bond acceptors (Lipinski definition) is 4. The molecule has 4 nitrogen and oxygen atoms in total.